The molecule has 30 heavy (non-hydrogen) atoms. The van der Waals surface area contributed by atoms with Gasteiger partial charge in [-0.2, -0.15) is 4.98 Å². The Bertz CT molecular complexity index is 1140. The van der Waals surface area contributed by atoms with Crippen molar-refractivity contribution in [3.05, 3.63) is 105 Å². The Hall–Kier alpha value is -3.85. The van der Waals surface area contributed by atoms with E-state index in [9.17, 15) is 10.1 Å². The molecule has 0 N–H and O–H groups in total. The summed E-state index contributed by atoms with van der Waals surface area (Å²) in [5.74, 6) is -0.605. The second-order valence-corrected chi connectivity index (χ2v) is 7.01. The summed E-state index contributed by atoms with van der Waals surface area (Å²) in [6, 6.07) is 25.4. The first-order valence-corrected chi connectivity index (χ1v) is 9.64. The number of hydrazone groups is 1. The van der Waals surface area contributed by atoms with Crippen molar-refractivity contribution in [1.82, 2.24) is 10.1 Å². The number of nitro groups is 1. The fourth-order valence-electron chi connectivity index (χ4n) is 2.69. The molecule has 0 radical (unpaired) electrons. The average Bonchev–Trinajstić information content (AvgIpc) is 3.25. The van der Waals surface area contributed by atoms with Gasteiger partial charge in [-0.05, 0) is 53.5 Å². The van der Waals surface area contributed by atoms with Crippen LogP contribution in [0.25, 0.3) is 11.4 Å². The third-order valence-corrected chi connectivity index (χ3v) is 4.62. The number of nitrogens with zero attached hydrogens (tertiary/aromatic N) is 5. The maximum absolute atomic E-state index is 11.8. The van der Waals surface area contributed by atoms with Crippen molar-refractivity contribution in [2.24, 2.45) is 5.10 Å². The summed E-state index contributed by atoms with van der Waals surface area (Å²) < 4.78 is 6.07. The van der Waals surface area contributed by atoms with Gasteiger partial charge in [-0.1, -0.05) is 57.5 Å². The predicted octanol–water partition coefficient (Wildman–Crippen LogP) is 5.28. The molecule has 1 aromatic heterocycles. The van der Waals surface area contributed by atoms with Crippen molar-refractivity contribution >= 4 is 33.1 Å². The third-order valence-electron chi connectivity index (χ3n) is 4.09. The second-order valence-electron chi connectivity index (χ2n) is 6.09. The van der Waals surface area contributed by atoms with Gasteiger partial charge in [0.2, 0.25) is 5.82 Å². The first-order chi connectivity index (χ1) is 14.6. The fraction of sp³-hybridized carbons (Fsp3) is 0. The second kappa shape index (κ2) is 8.66. The molecule has 0 spiro atoms. The van der Waals surface area contributed by atoms with E-state index in [-0.39, 0.29) is 11.7 Å². The average molecular weight is 464 g/mol. The van der Waals surface area contributed by atoms with Crippen LogP contribution in [0.5, 0.6) is 0 Å². The van der Waals surface area contributed by atoms with Gasteiger partial charge < -0.3 is 14.6 Å². The number of benzene rings is 3. The van der Waals surface area contributed by atoms with E-state index in [2.05, 4.69) is 31.2 Å². The Kier molecular flexibility index (Phi) is 5.62. The highest BCUT2D eigenvalue weighted by atomic mass is 79.9. The standard InChI is InChI=1S/C21H14BrN5O3/c22-16-13-11-15(12-14-16)19-23-21(30-25-19)20(27(28)29)24-26(17-7-3-1-4-8-17)18-9-5-2-6-10-18/h1-14H/b24-20-. The zero-order valence-electron chi connectivity index (χ0n) is 15.4. The molecule has 0 fully saturated rings. The summed E-state index contributed by atoms with van der Waals surface area (Å²) >= 11 is 3.36. The van der Waals surface area contributed by atoms with E-state index >= 15 is 0 Å². The maximum Gasteiger partial charge on any atom is 0.454 e. The molecule has 0 aliphatic heterocycles. The summed E-state index contributed by atoms with van der Waals surface area (Å²) in [7, 11) is 0. The first-order valence-electron chi connectivity index (χ1n) is 8.85. The first kappa shape index (κ1) is 19.5. The number of halogens is 1. The number of para-hydroxylation sites is 2. The fourth-order valence-corrected chi connectivity index (χ4v) is 2.95. The van der Waals surface area contributed by atoms with E-state index in [1.165, 1.54) is 5.01 Å². The van der Waals surface area contributed by atoms with Crippen molar-refractivity contribution in [2.45, 2.75) is 0 Å². The number of anilines is 2. The van der Waals surface area contributed by atoms with Crippen LogP contribution in [-0.2, 0) is 0 Å². The lowest BCUT2D eigenvalue weighted by Crippen LogP contribution is -2.20. The molecular formula is C21H14BrN5O3. The number of rotatable bonds is 5. The minimum atomic E-state index is -0.641. The molecule has 0 aliphatic carbocycles. The van der Waals surface area contributed by atoms with Crippen LogP contribution in [0.1, 0.15) is 5.89 Å². The van der Waals surface area contributed by atoms with Crippen LogP contribution in [0.3, 0.4) is 0 Å². The molecule has 0 amide bonds. The normalized spacial score (nSPS) is 11.3. The molecule has 148 valence electrons. The third kappa shape index (κ3) is 4.26. The minimum Gasteiger partial charge on any atom is -0.358 e. The van der Waals surface area contributed by atoms with Gasteiger partial charge in [-0.25, -0.2) is 0 Å². The molecule has 0 aliphatic rings. The maximum atomic E-state index is 11.8. The van der Waals surface area contributed by atoms with E-state index < -0.39 is 10.8 Å². The lowest BCUT2D eigenvalue weighted by Gasteiger charge is -2.13. The Morgan fingerprint density at radius 3 is 2.03 bits per heavy atom. The van der Waals surface area contributed by atoms with Gasteiger partial charge in [-0.3, -0.25) is 0 Å². The molecule has 9 heteroatoms. The summed E-state index contributed by atoms with van der Waals surface area (Å²) in [6.07, 6.45) is 0. The van der Waals surface area contributed by atoms with E-state index in [0.29, 0.717) is 16.9 Å². The van der Waals surface area contributed by atoms with Gasteiger partial charge >= 0.3 is 11.7 Å². The molecular weight excluding hydrogens is 450 g/mol. The van der Waals surface area contributed by atoms with Gasteiger partial charge in [0.1, 0.15) is 0 Å². The summed E-state index contributed by atoms with van der Waals surface area (Å²) in [5, 5.41) is 21.4. The molecule has 0 saturated carbocycles. The van der Waals surface area contributed by atoms with E-state index in [4.69, 9.17) is 4.52 Å². The Morgan fingerprint density at radius 1 is 0.933 bits per heavy atom. The topological polar surface area (TPSA) is 97.7 Å². The van der Waals surface area contributed by atoms with Gasteiger partial charge in [0.05, 0.1) is 16.5 Å². The Balaban J connectivity index is 1.77. The molecule has 8 nitrogen and oxygen atoms in total. The highest BCUT2D eigenvalue weighted by Crippen LogP contribution is 2.26. The van der Waals surface area contributed by atoms with Gasteiger partial charge in [0.15, 0.2) is 0 Å². The molecule has 0 unspecified atom stereocenters. The zero-order valence-corrected chi connectivity index (χ0v) is 17.0. The molecule has 4 rings (SSSR count). The predicted molar refractivity (Wildman–Crippen MR) is 116 cm³/mol. The van der Waals surface area contributed by atoms with Crippen LogP contribution >= 0.6 is 15.9 Å². The van der Waals surface area contributed by atoms with Crippen LogP contribution < -0.4 is 5.01 Å². The van der Waals surface area contributed by atoms with Crippen molar-refractivity contribution < 1.29 is 9.45 Å². The van der Waals surface area contributed by atoms with Crippen LogP contribution in [0, 0.1) is 10.1 Å². The van der Waals surface area contributed by atoms with Crippen LogP contribution in [-0.4, -0.2) is 20.9 Å². The smallest absolute Gasteiger partial charge is 0.358 e. The molecule has 1 heterocycles. The van der Waals surface area contributed by atoms with Gasteiger partial charge in [0, 0.05) is 10.0 Å². The molecule has 0 atom stereocenters. The van der Waals surface area contributed by atoms with Crippen molar-refractivity contribution in [1.29, 1.82) is 0 Å². The Morgan fingerprint density at radius 2 is 1.50 bits per heavy atom. The lowest BCUT2D eigenvalue weighted by molar-refractivity contribution is -0.350. The van der Waals surface area contributed by atoms with Crippen molar-refractivity contribution in [3.63, 3.8) is 0 Å². The zero-order chi connectivity index (χ0) is 20.9. The SMILES string of the molecule is O=[N+]([O-])/C(=N\N(c1ccccc1)c1ccccc1)c1nc(-c2ccc(Br)cc2)no1. The van der Waals surface area contributed by atoms with Crippen LogP contribution in [0.15, 0.2) is 99.0 Å². The number of aromatic nitrogens is 2. The highest BCUT2D eigenvalue weighted by molar-refractivity contribution is 9.10. The van der Waals surface area contributed by atoms with Crippen molar-refractivity contribution in [3.8, 4) is 11.4 Å². The monoisotopic (exact) mass is 463 g/mol. The molecule has 4 aromatic rings. The minimum absolute atomic E-state index is 0.234. The molecule has 0 bridgehead atoms. The van der Waals surface area contributed by atoms with Crippen LogP contribution in [0.4, 0.5) is 11.4 Å². The highest BCUT2D eigenvalue weighted by Gasteiger charge is 2.28. The van der Waals surface area contributed by atoms with Crippen LogP contribution in [0.2, 0.25) is 0 Å². The van der Waals surface area contributed by atoms with Gasteiger partial charge in [-0.15, -0.1) is 5.01 Å². The summed E-state index contributed by atoms with van der Waals surface area (Å²) in [4.78, 5) is 15.3. The number of hydrogen-bond acceptors (Lipinski definition) is 7. The van der Waals surface area contributed by atoms with E-state index in [1.54, 1.807) is 36.4 Å². The summed E-state index contributed by atoms with van der Waals surface area (Å²) in [6.45, 7) is 0. The molecule has 3 aromatic carbocycles. The number of hydrogen-bond donors (Lipinski definition) is 0. The largest absolute Gasteiger partial charge is 0.454 e. The quantitative estimate of drug-likeness (QED) is 0.173. The van der Waals surface area contributed by atoms with E-state index in [1.807, 2.05) is 48.5 Å². The lowest BCUT2D eigenvalue weighted by atomic mass is 10.2. The summed E-state index contributed by atoms with van der Waals surface area (Å²) in [5.41, 5.74) is 1.96. The molecule has 0 saturated heterocycles. The van der Waals surface area contributed by atoms with E-state index in [0.717, 1.165) is 4.47 Å². The van der Waals surface area contributed by atoms with Gasteiger partial charge in [0.25, 0.3) is 0 Å². The number of amidine groups is 1. The van der Waals surface area contributed by atoms with Crippen molar-refractivity contribution in [2.75, 3.05) is 5.01 Å². The Labute approximate surface area is 179 Å².